The average Bonchev–Trinajstić information content (AvgIpc) is 2.53. The van der Waals surface area contributed by atoms with Crippen LogP contribution in [0.3, 0.4) is 0 Å². The van der Waals surface area contributed by atoms with Crippen molar-refractivity contribution in [3.05, 3.63) is 59.2 Å². The molecule has 0 saturated carbocycles. The van der Waals surface area contributed by atoms with Crippen molar-refractivity contribution in [1.29, 1.82) is 0 Å². The Balaban J connectivity index is 0.00000105. The van der Waals surface area contributed by atoms with Gasteiger partial charge in [-0.25, -0.2) is 0 Å². The summed E-state index contributed by atoms with van der Waals surface area (Å²) in [5, 5.41) is 10.3. The number of halogens is 5. The number of phenolic OH excluding ortho intramolecular Hbond substituents is 1. The van der Waals surface area contributed by atoms with Crippen molar-refractivity contribution in [2.24, 2.45) is 4.99 Å². The predicted molar refractivity (Wildman–Crippen MR) is 97.2 cm³/mol. The van der Waals surface area contributed by atoms with E-state index in [1.54, 1.807) is 6.07 Å². The van der Waals surface area contributed by atoms with Gasteiger partial charge in [0, 0.05) is 11.8 Å². The summed E-state index contributed by atoms with van der Waals surface area (Å²) >= 11 is -0.556. The summed E-state index contributed by atoms with van der Waals surface area (Å²) in [6, 6.07) is 9.92. The second kappa shape index (κ2) is 9.79. The molecule has 0 amide bonds. The molecule has 2 aromatic rings. The van der Waals surface area contributed by atoms with E-state index >= 15 is 0 Å². The zero-order valence-electron chi connectivity index (χ0n) is 14.4. The van der Waals surface area contributed by atoms with Crippen molar-refractivity contribution in [1.82, 2.24) is 0 Å². The van der Waals surface area contributed by atoms with Crippen LogP contribution in [-0.4, -0.2) is 11.3 Å². The van der Waals surface area contributed by atoms with E-state index in [0.717, 1.165) is 17.7 Å². The molecule has 0 radical (unpaired) electrons. The van der Waals surface area contributed by atoms with Gasteiger partial charge in [0.25, 0.3) is 0 Å². The Morgan fingerprint density at radius 2 is 1.54 bits per heavy atom. The van der Waals surface area contributed by atoms with Crippen LogP contribution >= 0.6 is 18.6 Å². The Labute approximate surface area is 167 Å². The SMILES string of the molecule is CC(C)(C)c1cccc(C=Nc2ccc(C(F)(F)F)cc2)c1O.[Cl][Ti][Cl]. The van der Waals surface area contributed by atoms with E-state index in [9.17, 15) is 18.3 Å². The van der Waals surface area contributed by atoms with Crippen molar-refractivity contribution in [3.8, 4) is 5.75 Å². The van der Waals surface area contributed by atoms with E-state index in [1.807, 2.05) is 32.9 Å². The van der Waals surface area contributed by atoms with E-state index in [-0.39, 0.29) is 11.2 Å². The first-order valence-electron chi connectivity index (χ1n) is 7.50. The number of aliphatic imine (C=N–C) groups is 1. The number of benzene rings is 2. The fourth-order valence-electron chi connectivity index (χ4n) is 2.15. The van der Waals surface area contributed by atoms with Gasteiger partial charge in [-0.05, 0) is 41.3 Å². The molecule has 1 N–H and O–H groups in total. The molecule has 0 spiro atoms. The Kier molecular flexibility index (Phi) is 8.68. The third-order valence-electron chi connectivity index (χ3n) is 3.42. The third-order valence-corrected chi connectivity index (χ3v) is 3.42. The molecule has 0 bridgehead atoms. The summed E-state index contributed by atoms with van der Waals surface area (Å²) in [7, 11) is 9.78. The van der Waals surface area contributed by atoms with Crippen molar-refractivity contribution < 1.29 is 35.3 Å². The minimum atomic E-state index is -4.36. The van der Waals surface area contributed by atoms with Crippen molar-refractivity contribution in [2.45, 2.75) is 32.4 Å². The van der Waals surface area contributed by atoms with Gasteiger partial charge in [-0.2, -0.15) is 13.2 Å². The van der Waals surface area contributed by atoms with Crippen LogP contribution in [0.1, 0.15) is 37.5 Å². The van der Waals surface area contributed by atoms with Crippen molar-refractivity contribution in [3.63, 3.8) is 0 Å². The number of nitrogens with zero attached hydrogens (tertiary/aromatic N) is 1. The summed E-state index contributed by atoms with van der Waals surface area (Å²) in [4.78, 5) is 4.13. The molecule has 0 aliphatic heterocycles. The van der Waals surface area contributed by atoms with Crippen LogP contribution in [0, 0.1) is 0 Å². The van der Waals surface area contributed by atoms with Gasteiger partial charge in [0.15, 0.2) is 0 Å². The van der Waals surface area contributed by atoms with Crippen molar-refractivity contribution in [2.75, 3.05) is 0 Å². The standard InChI is InChI=1S/C18H18F3NO.2ClH.Ti/c1-17(2,3)15-6-4-5-12(16(15)23)11-22-14-9-7-13(8-10-14)18(19,20)21;;;/h4-11,23H,1-3H3;2*1H;/q;;;+2/p-2. The van der Waals surface area contributed by atoms with E-state index < -0.39 is 28.8 Å². The summed E-state index contributed by atoms with van der Waals surface area (Å²) in [5.41, 5.74) is 0.765. The molecule has 140 valence electrons. The number of alkyl halides is 3. The Morgan fingerprint density at radius 1 is 1.00 bits per heavy atom. The first kappa shape index (κ1) is 23.0. The van der Waals surface area contributed by atoms with Crippen LogP contribution in [-0.2, 0) is 28.6 Å². The van der Waals surface area contributed by atoms with E-state index in [4.69, 9.17) is 18.6 Å². The number of hydrogen-bond donors (Lipinski definition) is 1. The summed E-state index contributed by atoms with van der Waals surface area (Å²) in [6.07, 6.45) is -2.91. The molecule has 0 unspecified atom stereocenters. The number of hydrogen-bond acceptors (Lipinski definition) is 2. The second-order valence-electron chi connectivity index (χ2n) is 6.37. The molecule has 26 heavy (non-hydrogen) atoms. The number of para-hydroxylation sites is 1. The monoisotopic (exact) mass is 439 g/mol. The molecular formula is C18H18Cl2F3NOTi. The quantitative estimate of drug-likeness (QED) is 0.403. The zero-order valence-corrected chi connectivity index (χ0v) is 17.5. The number of rotatable bonds is 2. The van der Waals surface area contributed by atoms with Crippen LogP contribution in [0.2, 0.25) is 0 Å². The van der Waals surface area contributed by atoms with Crippen molar-refractivity contribution >= 4 is 30.5 Å². The fraction of sp³-hybridized carbons (Fsp3) is 0.278. The maximum absolute atomic E-state index is 12.5. The third kappa shape index (κ3) is 6.95. The molecule has 0 aliphatic rings. The molecule has 0 atom stereocenters. The molecule has 2 nitrogen and oxygen atoms in total. The fourth-order valence-corrected chi connectivity index (χ4v) is 2.15. The summed E-state index contributed by atoms with van der Waals surface area (Å²) < 4.78 is 37.5. The summed E-state index contributed by atoms with van der Waals surface area (Å²) in [6.45, 7) is 5.95. The van der Waals surface area contributed by atoms with Crippen LogP contribution < -0.4 is 0 Å². The summed E-state index contributed by atoms with van der Waals surface area (Å²) in [5.74, 6) is 0.135. The molecular weight excluding hydrogens is 422 g/mol. The van der Waals surface area contributed by atoms with Crippen LogP contribution in [0.5, 0.6) is 5.75 Å². The molecule has 0 aromatic heterocycles. The van der Waals surface area contributed by atoms with Crippen LogP contribution in [0.25, 0.3) is 0 Å². The minimum absolute atomic E-state index is 0.135. The Hall–Kier alpha value is -1.01. The predicted octanol–water partition coefficient (Wildman–Crippen LogP) is 6.84. The van der Waals surface area contributed by atoms with E-state index in [1.165, 1.54) is 18.3 Å². The van der Waals surface area contributed by atoms with Gasteiger partial charge in [-0.15, -0.1) is 0 Å². The van der Waals surface area contributed by atoms with Crippen LogP contribution in [0.15, 0.2) is 47.5 Å². The first-order chi connectivity index (χ1) is 12.0. The molecule has 0 saturated heterocycles. The van der Waals surface area contributed by atoms with Gasteiger partial charge in [-0.1, -0.05) is 32.9 Å². The van der Waals surface area contributed by atoms with Gasteiger partial charge >= 0.3 is 41.8 Å². The molecule has 2 aromatic carbocycles. The Morgan fingerprint density at radius 3 is 2.00 bits per heavy atom. The topological polar surface area (TPSA) is 32.6 Å². The maximum atomic E-state index is 12.5. The van der Waals surface area contributed by atoms with Gasteiger partial charge in [-0.3, -0.25) is 4.99 Å². The normalized spacial score (nSPS) is 11.8. The van der Waals surface area contributed by atoms with Gasteiger partial charge in [0.2, 0.25) is 0 Å². The molecule has 0 aliphatic carbocycles. The zero-order chi connectivity index (χ0) is 20.0. The molecule has 2 rings (SSSR count). The van der Waals surface area contributed by atoms with Gasteiger partial charge in [0.1, 0.15) is 5.75 Å². The molecule has 0 heterocycles. The molecule has 8 heteroatoms. The van der Waals surface area contributed by atoms with E-state index in [0.29, 0.717) is 11.3 Å². The van der Waals surface area contributed by atoms with Gasteiger partial charge in [0.05, 0.1) is 11.3 Å². The second-order valence-corrected chi connectivity index (χ2v) is 8.95. The van der Waals surface area contributed by atoms with Crippen LogP contribution in [0.4, 0.5) is 18.9 Å². The van der Waals surface area contributed by atoms with Gasteiger partial charge < -0.3 is 5.11 Å². The Bertz CT molecular complexity index is 742. The number of aromatic hydroxyl groups is 1. The number of phenols is 1. The average molecular weight is 440 g/mol. The molecule has 0 fully saturated rings. The van der Waals surface area contributed by atoms with E-state index in [2.05, 4.69) is 4.99 Å². The first-order valence-corrected chi connectivity index (χ1v) is 11.8.